The number of aromatic nitrogens is 5. The van der Waals surface area contributed by atoms with Gasteiger partial charge in [-0.3, -0.25) is 5.32 Å². The number of halogens is 3. The largest absolute Gasteiger partial charge is 0.474 e. The maximum absolute atomic E-state index is 13.5. The molecule has 0 aromatic carbocycles. The van der Waals surface area contributed by atoms with E-state index in [2.05, 4.69) is 35.8 Å². The SMILES string of the molecule is CCNC(=O)Nc1cc(-c2nc(C(F)(F)F)cs2)c(-c2cc(-c3n[nH]c(=O)o3)cnc2OC2CCN(C(=O)O)CC2)cn1. The molecule has 43 heavy (non-hydrogen) atoms. The van der Waals surface area contributed by atoms with Gasteiger partial charge in [0.15, 0.2) is 5.69 Å². The van der Waals surface area contributed by atoms with E-state index >= 15 is 0 Å². The summed E-state index contributed by atoms with van der Waals surface area (Å²) in [6, 6.07) is 2.32. The van der Waals surface area contributed by atoms with Crippen LogP contribution in [0.5, 0.6) is 5.88 Å². The minimum Gasteiger partial charge on any atom is -0.474 e. The van der Waals surface area contributed by atoms with Gasteiger partial charge in [-0.25, -0.2) is 34.4 Å². The molecule has 14 nitrogen and oxygen atoms in total. The van der Waals surface area contributed by atoms with E-state index in [4.69, 9.17) is 9.15 Å². The number of pyridine rings is 2. The van der Waals surface area contributed by atoms with Gasteiger partial charge < -0.3 is 24.5 Å². The molecule has 0 aliphatic carbocycles. The second-order valence-electron chi connectivity index (χ2n) is 9.22. The van der Waals surface area contributed by atoms with Gasteiger partial charge in [-0.2, -0.15) is 13.2 Å². The smallest absolute Gasteiger partial charge is 0.434 e. The van der Waals surface area contributed by atoms with E-state index in [1.54, 1.807) is 6.92 Å². The van der Waals surface area contributed by atoms with Crippen molar-refractivity contribution in [3.8, 4) is 39.0 Å². The van der Waals surface area contributed by atoms with E-state index in [-0.39, 0.29) is 57.9 Å². The number of hydrogen-bond acceptors (Lipinski definition) is 10. The van der Waals surface area contributed by atoms with E-state index in [1.807, 2.05) is 0 Å². The summed E-state index contributed by atoms with van der Waals surface area (Å²) in [5.41, 5.74) is -0.183. The normalized spacial score (nSPS) is 14.0. The number of carbonyl (C=O) groups excluding carboxylic acids is 1. The van der Waals surface area contributed by atoms with Crippen molar-refractivity contribution in [3.05, 3.63) is 46.2 Å². The number of anilines is 1. The summed E-state index contributed by atoms with van der Waals surface area (Å²) >= 11 is 0.738. The number of piperidine rings is 1. The Kier molecular flexibility index (Phi) is 8.29. The molecule has 0 saturated carbocycles. The highest BCUT2D eigenvalue weighted by molar-refractivity contribution is 7.13. The molecule has 1 aliphatic heterocycles. The number of likely N-dealkylation sites (tertiary alicyclic amines) is 1. The maximum atomic E-state index is 13.5. The minimum atomic E-state index is -4.69. The molecule has 0 radical (unpaired) electrons. The second kappa shape index (κ2) is 12.1. The highest BCUT2D eigenvalue weighted by Crippen LogP contribution is 2.42. The summed E-state index contributed by atoms with van der Waals surface area (Å²) in [6.45, 7) is 2.51. The Bertz CT molecular complexity index is 1700. The van der Waals surface area contributed by atoms with Gasteiger partial charge >= 0.3 is 24.1 Å². The molecular weight excluding hydrogens is 597 g/mol. The summed E-state index contributed by atoms with van der Waals surface area (Å²) in [6.07, 6.45) is -2.76. The van der Waals surface area contributed by atoms with Crippen LogP contribution in [0.15, 0.2) is 39.1 Å². The lowest BCUT2D eigenvalue weighted by Crippen LogP contribution is -2.41. The van der Waals surface area contributed by atoms with Crippen LogP contribution in [0.3, 0.4) is 0 Å². The van der Waals surface area contributed by atoms with Crippen LogP contribution in [0.4, 0.5) is 28.6 Å². The van der Waals surface area contributed by atoms with Crippen LogP contribution in [-0.2, 0) is 6.18 Å². The average molecular weight is 621 g/mol. The third-order valence-corrected chi connectivity index (χ3v) is 7.20. The quantitative estimate of drug-likeness (QED) is 0.232. The number of urea groups is 1. The number of alkyl halides is 3. The fraction of sp³-hybridized carbons (Fsp3) is 0.320. The Labute approximate surface area is 243 Å². The molecule has 0 unspecified atom stereocenters. The molecule has 0 spiro atoms. The first-order valence-electron chi connectivity index (χ1n) is 12.8. The first-order chi connectivity index (χ1) is 20.5. The molecule has 5 rings (SSSR count). The zero-order valence-electron chi connectivity index (χ0n) is 22.3. The van der Waals surface area contributed by atoms with Crippen molar-refractivity contribution >= 4 is 29.3 Å². The van der Waals surface area contributed by atoms with Gasteiger partial charge in [0.1, 0.15) is 16.9 Å². The number of H-pyrrole nitrogens is 1. The van der Waals surface area contributed by atoms with Gasteiger partial charge in [-0.15, -0.1) is 16.4 Å². The summed E-state index contributed by atoms with van der Waals surface area (Å²) in [4.78, 5) is 48.8. The Hall–Kier alpha value is -5.00. The number of carbonyl (C=O) groups is 2. The van der Waals surface area contributed by atoms with Crippen LogP contribution in [-0.4, -0.2) is 73.0 Å². The van der Waals surface area contributed by atoms with E-state index in [0.29, 0.717) is 19.4 Å². The van der Waals surface area contributed by atoms with Crippen LogP contribution in [0.2, 0.25) is 0 Å². The summed E-state index contributed by atoms with van der Waals surface area (Å²) in [5, 5.41) is 21.2. The standard InChI is InChI=1S/C25H23F3N8O6S/c1-2-29-22(37)33-18-8-15(21-32-17(11-43-21)25(26,27)28)16(10-30-18)14-7-12(19-34-35-23(38)42-19)9-31-20(14)41-13-3-5-36(6-4-13)24(39)40/h7-11,13H,2-6H2,1H3,(H,35,38)(H,39,40)(H2,29,30,33,37). The van der Waals surface area contributed by atoms with Crippen molar-refractivity contribution in [1.29, 1.82) is 0 Å². The van der Waals surface area contributed by atoms with Crippen LogP contribution in [0.1, 0.15) is 25.5 Å². The van der Waals surface area contributed by atoms with Gasteiger partial charge in [0.25, 0.3) is 5.89 Å². The number of ether oxygens (including phenoxy) is 1. The van der Waals surface area contributed by atoms with Crippen molar-refractivity contribution in [2.24, 2.45) is 0 Å². The number of carboxylic acid groups (broad SMARTS) is 1. The Morgan fingerprint density at radius 1 is 1.19 bits per heavy atom. The molecule has 226 valence electrons. The van der Waals surface area contributed by atoms with Crippen molar-refractivity contribution in [2.45, 2.75) is 32.0 Å². The molecule has 5 heterocycles. The zero-order valence-corrected chi connectivity index (χ0v) is 23.1. The fourth-order valence-corrected chi connectivity index (χ4v) is 5.15. The molecular formula is C25H23F3N8O6S. The predicted molar refractivity (Wildman–Crippen MR) is 146 cm³/mol. The number of nitrogens with one attached hydrogen (secondary N) is 3. The lowest BCUT2D eigenvalue weighted by atomic mass is 10.0. The van der Waals surface area contributed by atoms with Crippen LogP contribution in [0.25, 0.3) is 33.2 Å². The average Bonchev–Trinajstić information content (AvgIpc) is 3.64. The van der Waals surface area contributed by atoms with E-state index < -0.39 is 35.9 Å². The molecule has 4 N–H and O–H groups in total. The van der Waals surface area contributed by atoms with Crippen molar-refractivity contribution in [1.82, 2.24) is 35.4 Å². The van der Waals surface area contributed by atoms with Crippen molar-refractivity contribution in [3.63, 3.8) is 0 Å². The van der Waals surface area contributed by atoms with Gasteiger partial charge in [0, 0.05) is 66.9 Å². The summed E-state index contributed by atoms with van der Waals surface area (Å²) in [7, 11) is 0. The molecule has 1 aliphatic rings. The summed E-state index contributed by atoms with van der Waals surface area (Å²) < 4.78 is 51.7. The highest BCUT2D eigenvalue weighted by atomic mass is 32.1. The third-order valence-electron chi connectivity index (χ3n) is 6.33. The van der Waals surface area contributed by atoms with Crippen molar-refractivity contribution in [2.75, 3.05) is 25.0 Å². The predicted octanol–water partition coefficient (Wildman–Crippen LogP) is 4.29. The maximum Gasteiger partial charge on any atom is 0.434 e. The number of rotatable bonds is 7. The van der Waals surface area contributed by atoms with Crippen LogP contribution < -0.4 is 21.1 Å². The molecule has 3 amide bonds. The summed E-state index contributed by atoms with van der Waals surface area (Å²) in [5.74, 6) is -0.805. The fourth-order valence-electron chi connectivity index (χ4n) is 4.30. The van der Waals surface area contributed by atoms with Gasteiger partial charge in [0.05, 0.1) is 5.56 Å². The highest BCUT2D eigenvalue weighted by Gasteiger charge is 2.34. The molecule has 1 fully saturated rings. The third kappa shape index (κ3) is 6.74. The Morgan fingerprint density at radius 3 is 2.58 bits per heavy atom. The molecule has 4 aromatic heterocycles. The van der Waals surface area contributed by atoms with Gasteiger partial charge in [-0.05, 0) is 19.1 Å². The number of hydrogen-bond donors (Lipinski definition) is 4. The molecule has 18 heteroatoms. The first-order valence-corrected chi connectivity index (χ1v) is 13.7. The molecule has 4 aromatic rings. The van der Waals surface area contributed by atoms with Crippen LogP contribution in [0, 0.1) is 0 Å². The topological polar surface area (TPSA) is 188 Å². The van der Waals surface area contributed by atoms with E-state index in [9.17, 15) is 32.7 Å². The minimum absolute atomic E-state index is 0.0268. The lowest BCUT2D eigenvalue weighted by molar-refractivity contribution is -0.140. The van der Waals surface area contributed by atoms with Gasteiger partial charge in [0.2, 0.25) is 5.88 Å². The zero-order chi connectivity index (χ0) is 30.7. The lowest BCUT2D eigenvalue weighted by Gasteiger charge is -2.30. The van der Waals surface area contributed by atoms with Crippen molar-refractivity contribution < 1.29 is 37.0 Å². The second-order valence-corrected chi connectivity index (χ2v) is 10.1. The van der Waals surface area contributed by atoms with Gasteiger partial charge in [-0.1, -0.05) is 0 Å². The van der Waals surface area contributed by atoms with Crippen LogP contribution >= 0.6 is 11.3 Å². The number of amides is 3. The van der Waals surface area contributed by atoms with E-state index in [1.165, 1.54) is 29.4 Å². The molecule has 0 atom stereocenters. The number of thiazole rings is 1. The number of aromatic amines is 1. The van der Waals surface area contributed by atoms with E-state index in [0.717, 1.165) is 16.7 Å². The Morgan fingerprint density at radius 2 is 1.95 bits per heavy atom. The first kappa shape index (κ1) is 29.5. The molecule has 1 saturated heterocycles. The monoisotopic (exact) mass is 620 g/mol. The number of nitrogens with zero attached hydrogens (tertiary/aromatic N) is 5. The molecule has 0 bridgehead atoms. The Balaban J connectivity index is 1.62.